The molecule has 0 bridgehead atoms. The maximum absolute atomic E-state index is 6.23. The SMILES string of the molecule is CPc1c2c(NCc3cccc4ccncc34)nnc(N)c2cn1-c1ccc(C)cc1. The van der Waals surface area contributed by atoms with Crippen LogP contribution in [0.1, 0.15) is 11.1 Å². The number of anilines is 2. The lowest BCUT2D eigenvalue weighted by molar-refractivity contribution is 1.03. The summed E-state index contributed by atoms with van der Waals surface area (Å²) in [7, 11) is 0.568. The first-order valence-electron chi connectivity index (χ1n) is 10.1. The molecule has 3 aromatic heterocycles. The average Bonchev–Trinajstić information content (AvgIpc) is 3.20. The predicted octanol–water partition coefficient (Wildman–Crippen LogP) is 4.41. The van der Waals surface area contributed by atoms with Crippen LogP contribution in [-0.4, -0.2) is 26.4 Å². The lowest BCUT2D eigenvalue weighted by Crippen LogP contribution is -2.12. The second-order valence-corrected chi connectivity index (χ2v) is 8.50. The molecule has 0 amide bonds. The van der Waals surface area contributed by atoms with E-state index in [1.54, 1.807) is 0 Å². The predicted molar refractivity (Wildman–Crippen MR) is 131 cm³/mol. The molecule has 5 aromatic rings. The smallest absolute Gasteiger partial charge is 0.159 e. The Morgan fingerprint density at radius 3 is 2.68 bits per heavy atom. The van der Waals surface area contributed by atoms with Gasteiger partial charge in [-0.25, -0.2) is 0 Å². The van der Waals surface area contributed by atoms with Gasteiger partial charge in [0.05, 0.1) is 10.8 Å². The highest BCUT2D eigenvalue weighted by molar-refractivity contribution is 7.46. The van der Waals surface area contributed by atoms with E-state index in [1.807, 2.05) is 18.5 Å². The second kappa shape index (κ2) is 7.97. The Morgan fingerprint density at radius 1 is 1.03 bits per heavy atom. The van der Waals surface area contributed by atoms with Gasteiger partial charge >= 0.3 is 0 Å². The van der Waals surface area contributed by atoms with E-state index in [-0.39, 0.29) is 0 Å². The zero-order chi connectivity index (χ0) is 21.4. The van der Waals surface area contributed by atoms with E-state index in [4.69, 9.17) is 5.73 Å². The van der Waals surface area contributed by atoms with Gasteiger partial charge in [0.25, 0.3) is 0 Å². The third-order valence-corrected chi connectivity index (χ3v) is 6.51. The van der Waals surface area contributed by atoms with Crippen molar-refractivity contribution < 1.29 is 0 Å². The Labute approximate surface area is 182 Å². The van der Waals surface area contributed by atoms with Crippen LogP contribution in [0.15, 0.2) is 67.1 Å². The number of fused-ring (bicyclic) bond motifs is 2. The number of hydrogen-bond acceptors (Lipinski definition) is 5. The molecule has 3 N–H and O–H groups in total. The van der Waals surface area contributed by atoms with Crippen LogP contribution >= 0.6 is 8.58 Å². The topological polar surface area (TPSA) is 81.7 Å². The van der Waals surface area contributed by atoms with E-state index in [1.165, 1.54) is 16.4 Å². The third-order valence-electron chi connectivity index (χ3n) is 5.54. The number of hydrogen-bond donors (Lipinski definition) is 2. The molecule has 0 saturated carbocycles. The second-order valence-electron chi connectivity index (χ2n) is 7.52. The Balaban J connectivity index is 1.59. The maximum Gasteiger partial charge on any atom is 0.159 e. The first kappa shape index (κ1) is 19.5. The number of nitrogens with zero attached hydrogens (tertiary/aromatic N) is 4. The van der Waals surface area contributed by atoms with E-state index in [0.29, 0.717) is 20.9 Å². The molecule has 0 aliphatic heterocycles. The molecular formula is C24H23N6P. The fraction of sp³-hybridized carbons (Fsp3) is 0.125. The molecule has 2 aromatic carbocycles. The van der Waals surface area contributed by atoms with Crippen molar-refractivity contribution in [3.05, 3.63) is 78.2 Å². The molecule has 0 aliphatic rings. The van der Waals surface area contributed by atoms with Crippen LogP contribution in [0.25, 0.3) is 27.2 Å². The summed E-state index contributed by atoms with van der Waals surface area (Å²) in [5.41, 5.74) is 10.9. The van der Waals surface area contributed by atoms with Crippen molar-refractivity contribution in [2.45, 2.75) is 13.5 Å². The zero-order valence-electron chi connectivity index (χ0n) is 17.4. The molecular weight excluding hydrogens is 403 g/mol. The monoisotopic (exact) mass is 426 g/mol. The van der Waals surface area contributed by atoms with E-state index < -0.39 is 0 Å². The summed E-state index contributed by atoms with van der Waals surface area (Å²) in [6.45, 7) is 4.89. The van der Waals surface area contributed by atoms with Crippen LogP contribution in [0.4, 0.5) is 11.6 Å². The average molecular weight is 426 g/mol. The number of pyridine rings is 1. The van der Waals surface area contributed by atoms with Gasteiger partial charge in [0, 0.05) is 41.6 Å². The number of nitrogens with two attached hydrogens (primary N) is 1. The summed E-state index contributed by atoms with van der Waals surface area (Å²) in [5.74, 6) is 1.19. The van der Waals surface area contributed by atoms with Crippen LogP contribution in [0, 0.1) is 6.92 Å². The van der Waals surface area contributed by atoms with Crippen LogP contribution in [0.3, 0.4) is 0 Å². The van der Waals surface area contributed by atoms with E-state index in [2.05, 4.69) is 87.3 Å². The van der Waals surface area contributed by atoms with Crippen molar-refractivity contribution in [1.82, 2.24) is 19.7 Å². The quantitative estimate of drug-likeness (QED) is 0.407. The Bertz CT molecular complexity index is 1390. The molecule has 6 nitrogen and oxygen atoms in total. The minimum atomic E-state index is 0.445. The molecule has 1 atom stereocenters. The van der Waals surface area contributed by atoms with Gasteiger partial charge in [-0.05, 0) is 42.7 Å². The van der Waals surface area contributed by atoms with Gasteiger partial charge < -0.3 is 15.6 Å². The van der Waals surface area contributed by atoms with Crippen molar-refractivity contribution in [2.24, 2.45) is 0 Å². The highest BCUT2D eigenvalue weighted by Crippen LogP contribution is 2.30. The number of benzene rings is 2. The fourth-order valence-corrected chi connectivity index (χ4v) is 4.87. The normalized spacial score (nSPS) is 11.7. The van der Waals surface area contributed by atoms with Crippen LogP contribution in [0.5, 0.6) is 0 Å². The standard InChI is InChI=1S/C24H23N6P/c1-15-6-8-18(9-7-15)30-14-20-21(24(30)31-2)23(29-28-22(20)25)27-12-17-5-3-4-16-10-11-26-13-19(16)17/h3-11,13-14,31H,12H2,1-2H3,(H2,25,28)(H,27,29). The summed E-state index contributed by atoms with van der Waals surface area (Å²) >= 11 is 0. The molecule has 0 saturated heterocycles. The van der Waals surface area contributed by atoms with Crippen molar-refractivity contribution in [2.75, 3.05) is 17.7 Å². The number of aryl methyl sites for hydroxylation is 1. The van der Waals surface area contributed by atoms with Gasteiger partial charge in [-0.2, -0.15) is 0 Å². The molecule has 0 aliphatic carbocycles. The molecule has 31 heavy (non-hydrogen) atoms. The lowest BCUT2D eigenvalue weighted by atomic mass is 10.1. The van der Waals surface area contributed by atoms with Crippen molar-refractivity contribution in [1.29, 1.82) is 0 Å². The highest BCUT2D eigenvalue weighted by atomic mass is 31.1. The fourth-order valence-electron chi connectivity index (χ4n) is 3.94. The summed E-state index contributed by atoms with van der Waals surface area (Å²) in [6.07, 6.45) is 5.79. The highest BCUT2D eigenvalue weighted by Gasteiger charge is 2.17. The van der Waals surface area contributed by atoms with Gasteiger partial charge in [-0.1, -0.05) is 44.5 Å². The largest absolute Gasteiger partial charge is 0.382 e. The molecule has 0 fully saturated rings. The van der Waals surface area contributed by atoms with Crippen LogP contribution in [0.2, 0.25) is 0 Å². The van der Waals surface area contributed by atoms with Crippen molar-refractivity contribution in [3.8, 4) is 5.69 Å². The summed E-state index contributed by atoms with van der Waals surface area (Å²) in [4.78, 5) is 4.29. The molecule has 1 unspecified atom stereocenters. The summed E-state index contributed by atoms with van der Waals surface area (Å²) in [6, 6.07) is 16.8. The molecule has 0 radical (unpaired) electrons. The summed E-state index contributed by atoms with van der Waals surface area (Å²) in [5, 5.41) is 16.4. The van der Waals surface area contributed by atoms with Crippen LogP contribution < -0.4 is 16.5 Å². The Kier molecular flexibility index (Phi) is 5.00. The van der Waals surface area contributed by atoms with Gasteiger partial charge in [0.2, 0.25) is 0 Å². The van der Waals surface area contributed by atoms with Crippen LogP contribution in [-0.2, 0) is 6.54 Å². The van der Waals surface area contributed by atoms with Gasteiger partial charge in [-0.15, -0.1) is 10.2 Å². The number of nitrogens with one attached hydrogen (secondary N) is 1. The van der Waals surface area contributed by atoms with E-state index >= 15 is 0 Å². The Hall–Kier alpha value is -3.50. The van der Waals surface area contributed by atoms with Crippen molar-refractivity contribution >= 4 is 47.2 Å². The van der Waals surface area contributed by atoms with Crippen molar-refractivity contribution in [3.63, 3.8) is 0 Å². The number of nitrogen functional groups attached to an aromatic ring is 1. The first-order chi connectivity index (χ1) is 15.2. The Morgan fingerprint density at radius 2 is 1.87 bits per heavy atom. The molecule has 5 rings (SSSR count). The molecule has 3 heterocycles. The van der Waals surface area contributed by atoms with E-state index in [9.17, 15) is 0 Å². The third kappa shape index (κ3) is 3.49. The van der Waals surface area contributed by atoms with Gasteiger partial charge in [-0.3, -0.25) is 4.98 Å². The number of aromatic nitrogens is 4. The van der Waals surface area contributed by atoms with E-state index in [0.717, 1.165) is 33.2 Å². The minimum Gasteiger partial charge on any atom is -0.382 e. The minimum absolute atomic E-state index is 0.445. The summed E-state index contributed by atoms with van der Waals surface area (Å²) < 4.78 is 2.20. The zero-order valence-corrected chi connectivity index (χ0v) is 18.4. The lowest BCUT2D eigenvalue weighted by Gasteiger charge is -2.12. The maximum atomic E-state index is 6.23. The number of rotatable bonds is 5. The first-order valence-corrected chi connectivity index (χ1v) is 11.6. The molecule has 7 heteroatoms. The van der Waals surface area contributed by atoms with Gasteiger partial charge in [0.1, 0.15) is 0 Å². The van der Waals surface area contributed by atoms with Gasteiger partial charge in [0.15, 0.2) is 11.6 Å². The molecule has 154 valence electrons. The molecule has 0 spiro atoms.